The van der Waals surface area contributed by atoms with Crippen molar-refractivity contribution < 1.29 is 28.6 Å². The van der Waals surface area contributed by atoms with Crippen LogP contribution in [0.15, 0.2) is 109 Å². The molecule has 0 saturated heterocycles. The molecule has 0 bridgehead atoms. The monoisotopic (exact) mass is 747 g/mol. The van der Waals surface area contributed by atoms with Crippen LogP contribution < -0.4 is 16.0 Å². The summed E-state index contributed by atoms with van der Waals surface area (Å²) in [5, 5.41) is 8.30. The van der Waals surface area contributed by atoms with E-state index in [0.717, 1.165) is 79.6 Å². The minimum absolute atomic E-state index is 0.0809. The standard InChI is InChI=1S/C19H21NO2.C14H19NO2.C13H17NO2/c21-19(22-18-9-5-2-6-10-18)20-17-13-11-16(12-14-17)15-7-3-1-4-8-15;1-11-6-5-7-12(10-11)15-14(16)17-13-8-3-2-4-9-13;15-13(14-11-7-3-1-4-8-11)16-12-9-5-2-6-10-12/h1,3-4,7-8,11-14,18H,2,5-6,9-10H2,(H,20,21);5-7,10,13H,2-4,8-9H2,1H3,(H,15,16);1,3-4,7-8,12H,2,5-6,9-10H2,(H,14,15). The van der Waals surface area contributed by atoms with Gasteiger partial charge in [-0.25, -0.2) is 14.4 Å². The lowest BCUT2D eigenvalue weighted by Gasteiger charge is -2.21. The predicted molar refractivity (Wildman–Crippen MR) is 220 cm³/mol. The highest BCUT2D eigenvalue weighted by molar-refractivity contribution is 5.86. The van der Waals surface area contributed by atoms with E-state index in [1.54, 1.807) is 0 Å². The van der Waals surface area contributed by atoms with Crippen molar-refractivity contribution in [1.82, 2.24) is 0 Å². The number of anilines is 3. The first-order valence-electron chi connectivity index (χ1n) is 20.1. The average Bonchev–Trinajstić information content (AvgIpc) is 3.20. The SMILES string of the molecule is Cc1cccc(NC(=O)OC2CCCCC2)c1.O=C(Nc1ccc(-c2ccccc2)cc1)OC1CCCCC1.O=C(Nc1ccccc1)OC1CCCCC1. The minimum atomic E-state index is -0.348. The van der Waals surface area contributed by atoms with Gasteiger partial charge in [0, 0.05) is 17.1 Å². The first-order valence-corrected chi connectivity index (χ1v) is 20.1. The summed E-state index contributed by atoms with van der Waals surface area (Å²) in [6.07, 6.45) is 16.0. The summed E-state index contributed by atoms with van der Waals surface area (Å²) in [4.78, 5) is 35.1. The molecule has 3 N–H and O–H groups in total. The summed E-state index contributed by atoms with van der Waals surface area (Å²) < 4.78 is 16.2. The van der Waals surface area contributed by atoms with Gasteiger partial charge in [0.25, 0.3) is 0 Å². The van der Waals surface area contributed by atoms with Gasteiger partial charge < -0.3 is 14.2 Å². The Bertz CT molecular complexity index is 1720. The molecule has 3 saturated carbocycles. The van der Waals surface area contributed by atoms with E-state index in [1.807, 2.05) is 104 Å². The maximum atomic E-state index is 11.9. The van der Waals surface area contributed by atoms with E-state index in [-0.39, 0.29) is 36.6 Å². The normalized spacial score (nSPS) is 16.1. The van der Waals surface area contributed by atoms with E-state index >= 15 is 0 Å². The van der Waals surface area contributed by atoms with Crippen LogP contribution in [0.3, 0.4) is 0 Å². The fourth-order valence-electron chi connectivity index (χ4n) is 7.07. The summed E-state index contributed by atoms with van der Waals surface area (Å²) in [5.41, 5.74) is 5.76. The average molecular weight is 748 g/mol. The summed E-state index contributed by atoms with van der Waals surface area (Å²) in [7, 11) is 0. The van der Waals surface area contributed by atoms with Crippen molar-refractivity contribution in [3.63, 3.8) is 0 Å². The molecule has 3 amide bonds. The molecule has 0 unspecified atom stereocenters. The molecule has 9 nitrogen and oxygen atoms in total. The largest absolute Gasteiger partial charge is 0.446 e. The van der Waals surface area contributed by atoms with Crippen molar-refractivity contribution in [3.8, 4) is 11.1 Å². The molecular weight excluding hydrogens is 691 g/mol. The quantitative estimate of drug-likeness (QED) is 0.162. The number of ether oxygens (including phenoxy) is 3. The smallest absolute Gasteiger partial charge is 0.411 e. The Labute approximate surface area is 326 Å². The Morgan fingerprint density at radius 1 is 0.418 bits per heavy atom. The third-order valence-corrected chi connectivity index (χ3v) is 10.0. The first-order chi connectivity index (χ1) is 26.9. The number of para-hydroxylation sites is 1. The van der Waals surface area contributed by atoms with Crippen LogP contribution in [-0.4, -0.2) is 36.6 Å². The molecular formula is C46H57N3O6. The summed E-state index contributed by atoms with van der Waals surface area (Å²) >= 11 is 0. The summed E-state index contributed by atoms with van der Waals surface area (Å²) in [6.45, 7) is 2.00. The number of benzene rings is 4. The maximum absolute atomic E-state index is 11.9. The molecule has 0 heterocycles. The third kappa shape index (κ3) is 15.5. The van der Waals surface area contributed by atoms with Crippen molar-refractivity contribution >= 4 is 35.3 Å². The third-order valence-electron chi connectivity index (χ3n) is 10.0. The van der Waals surface area contributed by atoms with Crippen LogP contribution in [0.2, 0.25) is 0 Å². The van der Waals surface area contributed by atoms with Gasteiger partial charge in [0.2, 0.25) is 0 Å². The number of hydrogen-bond donors (Lipinski definition) is 3. The van der Waals surface area contributed by atoms with Gasteiger partial charge in [0.05, 0.1) is 0 Å². The van der Waals surface area contributed by atoms with Crippen LogP contribution >= 0.6 is 0 Å². The molecule has 4 aromatic rings. The summed E-state index contributed by atoms with van der Waals surface area (Å²) in [6, 6.07) is 35.1. The molecule has 55 heavy (non-hydrogen) atoms. The molecule has 7 rings (SSSR count). The second-order valence-corrected chi connectivity index (χ2v) is 14.5. The van der Waals surface area contributed by atoms with Gasteiger partial charge in [-0.2, -0.15) is 0 Å². The number of carbonyl (C=O) groups is 3. The van der Waals surface area contributed by atoms with Gasteiger partial charge in [-0.3, -0.25) is 16.0 Å². The number of rotatable bonds is 7. The van der Waals surface area contributed by atoms with Crippen molar-refractivity contribution in [3.05, 3.63) is 115 Å². The van der Waals surface area contributed by atoms with Crippen LogP contribution in [0.25, 0.3) is 11.1 Å². The lowest BCUT2D eigenvalue weighted by Crippen LogP contribution is -2.24. The number of amides is 3. The van der Waals surface area contributed by atoms with Crippen LogP contribution in [0.5, 0.6) is 0 Å². The molecule has 0 aromatic heterocycles. The Kier molecular flexibility index (Phi) is 16.9. The molecule has 9 heteroatoms. The maximum Gasteiger partial charge on any atom is 0.411 e. The number of carbonyl (C=O) groups excluding carboxylic acids is 3. The van der Waals surface area contributed by atoms with E-state index in [4.69, 9.17) is 14.2 Å². The van der Waals surface area contributed by atoms with Crippen molar-refractivity contribution in [1.29, 1.82) is 0 Å². The molecule has 0 radical (unpaired) electrons. The highest BCUT2D eigenvalue weighted by Crippen LogP contribution is 2.24. The van der Waals surface area contributed by atoms with Crippen LogP contribution in [0.4, 0.5) is 31.4 Å². The second-order valence-electron chi connectivity index (χ2n) is 14.5. The Morgan fingerprint density at radius 3 is 1.22 bits per heavy atom. The minimum Gasteiger partial charge on any atom is -0.446 e. The fourth-order valence-corrected chi connectivity index (χ4v) is 7.07. The topological polar surface area (TPSA) is 115 Å². The second kappa shape index (κ2) is 22.8. The molecule has 4 aromatic carbocycles. The molecule has 3 aliphatic rings. The molecule has 3 fully saturated rings. The van der Waals surface area contributed by atoms with Crippen molar-refractivity contribution in [2.75, 3.05) is 16.0 Å². The highest BCUT2D eigenvalue weighted by Gasteiger charge is 2.19. The first kappa shape index (κ1) is 40.9. The number of nitrogens with one attached hydrogen (secondary N) is 3. The van der Waals surface area contributed by atoms with Gasteiger partial charge in [0.1, 0.15) is 18.3 Å². The zero-order chi connectivity index (χ0) is 38.5. The predicted octanol–water partition coefficient (Wildman–Crippen LogP) is 12.7. The van der Waals surface area contributed by atoms with Crippen LogP contribution in [0.1, 0.15) is 102 Å². The van der Waals surface area contributed by atoms with Gasteiger partial charge in [0.15, 0.2) is 0 Å². The zero-order valence-corrected chi connectivity index (χ0v) is 32.2. The van der Waals surface area contributed by atoms with Gasteiger partial charge in [-0.1, -0.05) is 92.1 Å². The van der Waals surface area contributed by atoms with Gasteiger partial charge in [-0.05, 0) is 137 Å². The molecule has 0 atom stereocenters. The van der Waals surface area contributed by atoms with E-state index in [0.29, 0.717) is 0 Å². The zero-order valence-electron chi connectivity index (χ0n) is 32.2. The van der Waals surface area contributed by atoms with Crippen molar-refractivity contribution in [2.24, 2.45) is 0 Å². The van der Waals surface area contributed by atoms with E-state index < -0.39 is 0 Å². The number of aryl methyl sites for hydroxylation is 1. The van der Waals surface area contributed by atoms with Gasteiger partial charge >= 0.3 is 18.3 Å². The van der Waals surface area contributed by atoms with Gasteiger partial charge in [-0.15, -0.1) is 0 Å². The van der Waals surface area contributed by atoms with E-state index in [9.17, 15) is 14.4 Å². The summed E-state index contributed by atoms with van der Waals surface area (Å²) in [5.74, 6) is 0. The van der Waals surface area contributed by atoms with Crippen LogP contribution in [0, 0.1) is 6.92 Å². The molecule has 0 aliphatic heterocycles. The van der Waals surface area contributed by atoms with Crippen LogP contribution in [-0.2, 0) is 14.2 Å². The lowest BCUT2D eigenvalue weighted by atomic mass is 9.98. The Balaban J connectivity index is 0.000000161. The molecule has 292 valence electrons. The van der Waals surface area contributed by atoms with E-state index in [2.05, 4.69) is 28.1 Å². The lowest BCUT2D eigenvalue weighted by molar-refractivity contribution is 0.0858. The molecule has 0 spiro atoms. The number of hydrogen-bond acceptors (Lipinski definition) is 6. The van der Waals surface area contributed by atoms with Crippen molar-refractivity contribution in [2.45, 2.75) is 122 Å². The Morgan fingerprint density at radius 2 is 0.782 bits per heavy atom. The Hall–Kier alpha value is -5.31. The molecule has 3 aliphatic carbocycles. The van der Waals surface area contributed by atoms with E-state index in [1.165, 1.54) is 50.5 Å². The highest BCUT2D eigenvalue weighted by atomic mass is 16.6. The fraction of sp³-hybridized carbons (Fsp3) is 0.413.